The van der Waals surface area contributed by atoms with E-state index in [0.29, 0.717) is 6.54 Å². The van der Waals surface area contributed by atoms with Gasteiger partial charge in [-0.25, -0.2) is 0 Å². The highest BCUT2D eigenvalue weighted by Gasteiger charge is 2.27. The Bertz CT molecular complexity index is 543. The minimum Gasteiger partial charge on any atom is -0.464 e. The number of amides is 1. The monoisotopic (exact) mass is 213 g/mol. The van der Waals surface area contributed by atoms with Crippen LogP contribution in [0.2, 0.25) is 0 Å². The van der Waals surface area contributed by atoms with Crippen LogP contribution in [0.4, 0.5) is 0 Å². The first-order chi connectivity index (χ1) is 7.77. The van der Waals surface area contributed by atoms with Crippen LogP contribution < -0.4 is 0 Å². The smallest absolute Gasteiger partial charge is 0.254 e. The molecule has 0 spiro atoms. The van der Waals surface area contributed by atoms with Crippen LogP contribution in [0.1, 0.15) is 15.9 Å². The average Bonchev–Trinajstić information content (AvgIpc) is 2.89. The third kappa shape index (κ3) is 1.18. The zero-order valence-corrected chi connectivity index (χ0v) is 8.93. The van der Waals surface area contributed by atoms with Crippen molar-refractivity contribution in [2.24, 2.45) is 0 Å². The second-order valence-corrected chi connectivity index (χ2v) is 3.97. The molecule has 2 aromatic rings. The fraction of sp³-hybridized carbons (Fsp3) is 0.154. The maximum atomic E-state index is 11.8. The van der Waals surface area contributed by atoms with Crippen LogP contribution >= 0.6 is 0 Å². The molecule has 1 aliphatic rings. The normalized spacial score (nSPS) is 14.3. The molecular weight excluding hydrogens is 202 g/mol. The molecule has 80 valence electrons. The highest BCUT2D eigenvalue weighted by molar-refractivity contribution is 6.00. The second kappa shape index (κ2) is 3.23. The van der Waals surface area contributed by atoms with Gasteiger partial charge in [-0.05, 0) is 23.8 Å². The Labute approximate surface area is 93.3 Å². The molecule has 2 heterocycles. The van der Waals surface area contributed by atoms with Gasteiger partial charge >= 0.3 is 0 Å². The minimum absolute atomic E-state index is 0.0865. The van der Waals surface area contributed by atoms with Crippen molar-refractivity contribution in [1.29, 1.82) is 0 Å². The molecule has 3 nitrogen and oxygen atoms in total. The maximum Gasteiger partial charge on any atom is 0.254 e. The van der Waals surface area contributed by atoms with Gasteiger partial charge in [0.1, 0.15) is 5.76 Å². The predicted molar refractivity (Wildman–Crippen MR) is 59.9 cm³/mol. The third-order valence-corrected chi connectivity index (χ3v) is 2.94. The van der Waals surface area contributed by atoms with Gasteiger partial charge < -0.3 is 9.32 Å². The van der Waals surface area contributed by atoms with Gasteiger partial charge in [-0.3, -0.25) is 4.79 Å². The van der Waals surface area contributed by atoms with Crippen molar-refractivity contribution in [3.63, 3.8) is 0 Å². The summed E-state index contributed by atoms with van der Waals surface area (Å²) in [7, 11) is 1.81. The molecule has 1 aromatic heterocycles. The highest BCUT2D eigenvalue weighted by atomic mass is 16.3. The van der Waals surface area contributed by atoms with E-state index in [1.807, 2.05) is 37.4 Å². The molecule has 1 aliphatic heterocycles. The van der Waals surface area contributed by atoms with E-state index in [9.17, 15) is 4.79 Å². The van der Waals surface area contributed by atoms with Gasteiger partial charge in [0, 0.05) is 24.7 Å². The summed E-state index contributed by atoms with van der Waals surface area (Å²) in [6, 6.07) is 9.53. The first-order valence-corrected chi connectivity index (χ1v) is 5.18. The van der Waals surface area contributed by atoms with Crippen molar-refractivity contribution in [3.8, 4) is 11.3 Å². The zero-order valence-electron chi connectivity index (χ0n) is 8.93. The van der Waals surface area contributed by atoms with Crippen molar-refractivity contribution in [3.05, 3.63) is 47.7 Å². The number of benzene rings is 1. The molecule has 0 atom stereocenters. The topological polar surface area (TPSA) is 33.5 Å². The standard InChI is InChI=1S/C13H11NO2/c1-14-8-11-9(12-6-3-7-16-12)4-2-5-10(11)13(14)15/h2-7H,8H2,1H3. The van der Waals surface area contributed by atoms with Crippen LogP contribution in [0.5, 0.6) is 0 Å². The number of nitrogens with zero attached hydrogens (tertiary/aromatic N) is 1. The van der Waals surface area contributed by atoms with Crippen molar-refractivity contribution in [1.82, 2.24) is 4.90 Å². The summed E-state index contributed by atoms with van der Waals surface area (Å²) in [5.41, 5.74) is 2.86. The fourth-order valence-electron chi connectivity index (χ4n) is 2.13. The minimum atomic E-state index is 0.0865. The lowest BCUT2D eigenvalue weighted by molar-refractivity contribution is 0.0816. The SMILES string of the molecule is CN1Cc2c(cccc2-c2ccco2)C1=O. The summed E-state index contributed by atoms with van der Waals surface area (Å²) in [5.74, 6) is 0.906. The van der Waals surface area contributed by atoms with Crippen LogP contribution in [0.25, 0.3) is 11.3 Å². The second-order valence-electron chi connectivity index (χ2n) is 3.97. The largest absolute Gasteiger partial charge is 0.464 e. The van der Waals surface area contributed by atoms with E-state index in [4.69, 9.17) is 4.42 Å². The third-order valence-electron chi connectivity index (χ3n) is 2.94. The average molecular weight is 213 g/mol. The van der Waals surface area contributed by atoms with Gasteiger partial charge in [0.2, 0.25) is 0 Å². The number of hydrogen-bond acceptors (Lipinski definition) is 2. The summed E-state index contributed by atoms with van der Waals surface area (Å²) in [4.78, 5) is 13.5. The number of hydrogen-bond donors (Lipinski definition) is 0. The van der Waals surface area contributed by atoms with E-state index in [1.54, 1.807) is 11.2 Å². The van der Waals surface area contributed by atoms with Gasteiger partial charge in [0.15, 0.2) is 0 Å². The molecule has 3 rings (SSSR count). The quantitative estimate of drug-likeness (QED) is 0.729. The van der Waals surface area contributed by atoms with Crippen LogP contribution in [-0.4, -0.2) is 17.9 Å². The van der Waals surface area contributed by atoms with Crippen LogP contribution in [0.3, 0.4) is 0 Å². The Hall–Kier alpha value is -2.03. The molecule has 0 radical (unpaired) electrons. The highest BCUT2D eigenvalue weighted by Crippen LogP contribution is 2.31. The Balaban J connectivity index is 2.20. The lowest BCUT2D eigenvalue weighted by Crippen LogP contribution is -2.17. The summed E-state index contributed by atoms with van der Waals surface area (Å²) in [6.45, 7) is 0.658. The summed E-state index contributed by atoms with van der Waals surface area (Å²) >= 11 is 0. The van der Waals surface area contributed by atoms with Crippen molar-refractivity contribution >= 4 is 5.91 Å². The molecule has 0 bridgehead atoms. The number of carbonyl (C=O) groups is 1. The van der Waals surface area contributed by atoms with E-state index >= 15 is 0 Å². The lowest BCUT2D eigenvalue weighted by atomic mass is 10.0. The van der Waals surface area contributed by atoms with E-state index in [1.165, 1.54) is 0 Å². The van der Waals surface area contributed by atoms with E-state index in [2.05, 4.69) is 0 Å². The van der Waals surface area contributed by atoms with Crippen molar-refractivity contribution < 1.29 is 9.21 Å². The summed E-state index contributed by atoms with van der Waals surface area (Å²) in [6.07, 6.45) is 1.65. The number of furan rings is 1. The zero-order chi connectivity index (χ0) is 11.1. The lowest BCUT2D eigenvalue weighted by Gasteiger charge is -2.06. The Morgan fingerprint density at radius 1 is 1.19 bits per heavy atom. The fourth-order valence-corrected chi connectivity index (χ4v) is 2.13. The van der Waals surface area contributed by atoms with E-state index in [-0.39, 0.29) is 5.91 Å². The number of fused-ring (bicyclic) bond motifs is 1. The predicted octanol–water partition coefficient (Wildman–Crippen LogP) is 2.53. The molecule has 0 unspecified atom stereocenters. The molecule has 0 saturated carbocycles. The number of rotatable bonds is 1. The van der Waals surface area contributed by atoms with Crippen molar-refractivity contribution in [2.45, 2.75) is 6.54 Å². The first-order valence-electron chi connectivity index (χ1n) is 5.18. The van der Waals surface area contributed by atoms with Crippen LogP contribution in [0.15, 0.2) is 41.0 Å². The summed E-state index contributed by atoms with van der Waals surface area (Å²) < 4.78 is 5.39. The van der Waals surface area contributed by atoms with E-state index in [0.717, 1.165) is 22.5 Å². The first kappa shape index (κ1) is 9.21. The maximum absolute atomic E-state index is 11.8. The summed E-state index contributed by atoms with van der Waals surface area (Å²) in [5, 5.41) is 0. The number of carbonyl (C=O) groups excluding carboxylic acids is 1. The van der Waals surface area contributed by atoms with Gasteiger partial charge in [-0.1, -0.05) is 12.1 Å². The molecule has 0 N–H and O–H groups in total. The molecule has 0 aliphatic carbocycles. The van der Waals surface area contributed by atoms with Crippen molar-refractivity contribution in [2.75, 3.05) is 7.05 Å². The Morgan fingerprint density at radius 2 is 2.00 bits per heavy atom. The molecule has 1 amide bonds. The molecule has 1 aromatic carbocycles. The molecule has 16 heavy (non-hydrogen) atoms. The molecular formula is C13H11NO2. The van der Waals surface area contributed by atoms with Crippen LogP contribution in [-0.2, 0) is 6.54 Å². The Morgan fingerprint density at radius 3 is 2.75 bits per heavy atom. The van der Waals surface area contributed by atoms with Crippen LogP contribution in [0, 0.1) is 0 Å². The molecule has 0 fully saturated rings. The molecule has 3 heteroatoms. The Kier molecular flexibility index (Phi) is 1.86. The van der Waals surface area contributed by atoms with E-state index < -0.39 is 0 Å². The molecule has 0 saturated heterocycles. The van der Waals surface area contributed by atoms with Gasteiger partial charge in [-0.2, -0.15) is 0 Å². The van der Waals surface area contributed by atoms with Gasteiger partial charge in [-0.15, -0.1) is 0 Å². The van der Waals surface area contributed by atoms with Gasteiger partial charge in [0.05, 0.1) is 6.26 Å². The van der Waals surface area contributed by atoms with Gasteiger partial charge in [0.25, 0.3) is 5.91 Å².